The van der Waals surface area contributed by atoms with Crippen LogP contribution in [0.3, 0.4) is 0 Å². The van der Waals surface area contributed by atoms with E-state index in [1.165, 1.54) is 25.4 Å². The molecule has 6 aromatic carbocycles. The lowest BCUT2D eigenvalue weighted by Crippen LogP contribution is -2.48. The number of aromatic nitrogens is 15. The van der Waals surface area contributed by atoms with Crippen LogP contribution in [0.1, 0.15) is 167 Å². The third-order valence-electron chi connectivity index (χ3n) is 23.7. The first kappa shape index (κ1) is 91.6. The summed E-state index contributed by atoms with van der Waals surface area (Å²) in [6.07, 6.45) is 8.87. The van der Waals surface area contributed by atoms with E-state index in [4.69, 9.17) is 51.8 Å². The zero-order chi connectivity index (χ0) is 94.4. The SMILES string of the molecule is CC(C)(C)c1cc(CC(=O)Nc2ccc(-n3nc(-c4ccc(C(=O)N5CCC(C(N)=O)CC5)cc4)c4c(N)ncnc43)cc2)no1.CC(C)(C)c1cc(CC(=O)Nc2ccc(-n3nc(-c4ccc(C(=O)N5CCCCC5)cc4)c4c(N)ncnc43)cc2)no1.CCN1CCN(C(=O)c2ccc(-c3nn(-c4ccc(NC(=O)Cc5cc(C(C)(C)C)on5)cc4)c4ncnc(N)c34)cc2)CC1. The lowest BCUT2D eigenvalue weighted by Gasteiger charge is -2.34. The van der Waals surface area contributed by atoms with Crippen LogP contribution in [0.25, 0.3) is 83.9 Å². The molecule has 134 heavy (non-hydrogen) atoms. The fraction of sp³-hybridized carbons (Fsp3) is 0.316. The normalized spacial score (nSPS) is 14.0. The highest BCUT2D eigenvalue weighted by Crippen LogP contribution is 2.38. The van der Waals surface area contributed by atoms with Gasteiger partial charge in [0, 0.05) is 143 Å². The Bertz CT molecular complexity index is 6810. The Hall–Kier alpha value is -15.8. The molecule has 0 bridgehead atoms. The number of nitrogens with zero attached hydrogens (tertiary/aromatic N) is 19. The lowest BCUT2D eigenvalue weighted by molar-refractivity contribution is -0.123. The van der Waals surface area contributed by atoms with Gasteiger partial charge in [0.15, 0.2) is 16.9 Å². The van der Waals surface area contributed by atoms with Gasteiger partial charge in [-0.15, -0.1) is 0 Å². The molecule has 3 aliphatic heterocycles. The van der Waals surface area contributed by atoms with Crippen molar-refractivity contribution in [3.05, 3.63) is 234 Å². The molecular formula is C98H106N26O10. The molecule has 3 aliphatic rings. The molecule has 9 aromatic heterocycles. The van der Waals surface area contributed by atoms with Crippen molar-refractivity contribution in [1.82, 2.24) is 94.3 Å². The number of hydrogen-bond donors (Lipinski definition) is 7. The molecule has 0 aliphatic carbocycles. The molecule has 3 saturated heterocycles. The first-order chi connectivity index (χ1) is 64.2. The largest absolute Gasteiger partial charge is 0.383 e. The number of rotatable bonds is 20. The van der Waals surface area contributed by atoms with Crippen molar-refractivity contribution in [2.24, 2.45) is 11.7 Å². The molecule has 11 N–H and O–H groups in total. The monoisotopic (exact) mass is 1810 g/mol. The number of piperidine rings is 2. The molecule has 15 aromatic rings. The second kappa shape index (κ2) is 38.7. The van der Waals surface area contributed by atoms with Crippen LogP contribution in [0.4, 0.5) is 34.5 Å². The van der Waals surface area contributed by atoms with E-state index >= 15 is 0 Å². The van der Waals surface area contributed by atoms with Crippen molar-refractivity contribution < 1.29 is 47.1 Å². The van der Waals surface area contributed by atoms with Crippen LogP contribution in [-0.4, -0.2) is 195 Å². The molecule has 12 heterocycles. The maximum Gasteiger partial charge on any atom is 0.253 e. The second-order valence-corrected chi connectivity index (χ2v) is 36.5. The summed E-state index contributed by atoms with van der Waals surface area (Å²) in [5.41, 5.74) is 37.1. The number of piperazine rings is 1. The van der Waals surface area contributed by atoms with Crippen LogP contribution >= 0.6 is 0 Å². The zero-order valence-electron chi connectivity index (χ0n) is 76.3. The maximum atomic E-state index is 13.1. The number of hydrogen-bond acceptors (Lipinski definition) is 26. The average Bonchev–Trinajstić information content (AvgIpc) is 1.62. The summed E-state index contributed by atoms with van der Waals surface area (Å²) in [5, 5.41) is 37.2. The van der Waals surface area contributed by atoms with Crippen molar-refractivity contribution in [3.63, 3.8) is 0 Å². The number of primary amides is 1. The van der Waals surface area contributed by atoms with Crippen molar-refractivity contribution >= 4 is 109 Å². The van der Waals surface area contributed by atoms with Gasteiger partial charge in [0.2, 0.25) is 23.6 Å². The summed E-state index contributed by atoms with van der Waals surface area (Å²) in [6, 6.07) is 49.2. The second-order valence-electron chi connectivity index (χ2n) is 36.5. The molecule has 36 nitrogen and oxygen atoms in total. The van der Waals surface area contributed by atoms with Crippen molar-refractivity contribution in [2.75, 3.05) is 92.1 Å². The number of nitrogens with two attached hydrogens (primary N) is 4. The molecule has 0 spiro atoms. The Morgan fingerprint density at radius 3 is 0.940 bits per heavy atom. The highest BCUT2D eigenvalue weighted by molar-refractivity contribution is 6.04. The quantitative estimate of drug-likeness (QED) is 0.0372. The standard InChI is InChI=1S/C33H35N9O4.C33H37N9O3.C32H34N8O3/c1-33(2,3)25-16-23(40-46-25)17-26(43)38-22-8-10-24(11-9-22)42-31-27(29(34)36-18-37-31)28(39-42)19-4-6-21(7-5-19)32(45)41-14-12-20(13-15-41)30(35)44;1-5-40-14-16-41(17-15-40)32(44)22-8-6-21(7-9-22)29-28-30(34)35-20-36-31(28)42(38-29)25-12-10-23(11-13-25)37-27(43)19-24-18-26(45-39-24)33(2,3)4;1-32(2,3)25-17-23(38-43-25)18-26(41)36-22-11-13-24(14-12-22)40-30-27(29(33)34-19-35-30)28(37-40)20-7-9-21(10-8-20)31(42)39-15-5-4-6-16-39/h4-11,16,18,20H,12-15,17H2,1-3H3,(H2,35,44)(H,38,43)(H2,34,36,37);6-13,18,20H,5,14-17,19H2,1-4H3,(H,37,43)(H2,34,35,36);7-14,17,19H,4-6,15-16,18H2,1-3H3,(H,36,41)(H2,33,34,35). The molecule has 18 rings (SSSR count). The topological polar surface area (TPSA) is 482 Å². The van der Waals surface area contributed by atoms with E-state index in [2.05, 4.69) is 73.1 Å². The molecule has 0 radical (unpaired) electrons. The Labute approximate surface area is 771 Å². The summed E-state index contributed by atoms with van der Waals surface area (Å²) in [6.45, 7) is 27.1. The van der Waals surface area contributed by atoms with Gasteiger partial charge in [-0.2, -0.15) is 15.3 Å². The zero-order valence-corrected chi connectivity index (χ0v) is 76.3. The van der Waals surface area contributed by atoms with Crippen LogP contribution in [0.15, 0.2) is 196 Å². The van der Waals surface area contributed by atoms with E-state index in [1.807, 2.05) is 181 Å². The van der Waals surface area contributed by atoms with E-state index in [9.17, 15) is 33.6 Å². The smallest absolute Gasteiger partial charge is 0.253 e. The van der Waals surface area contributed by atoms with Gasteiger partial charge in [-0.05, 0) is 148 Å². The highest BCUT2D eigenvalue weighted by atomic mass is 16.5. The van der Waals surface area contributed by atoms with Crippen molar-refractivity contribution in [3.8, 4) is 50.8 Å². The predicted octanol–water partition coefficient (Wildman–Crippen LogP) is 13.3. The van der Waals surface area contributed by atoms with Crippen molar-refractivity contribution in [2.45, 2.75) is 137 Å². The summed E-state index contributed by atoms with van der Waals surface area (Å²) in [7, 11) is 0. The Balaban J connectivity index is 0.000000146. The minimum absolute atomic E-state index is 0.0263. The van der Waals surface area contributed by atoms with Crippen LogP contribution in [0.5, 0.6) is 0 Å². The number of benzene rings is 6. The molecule has 3 fully saturated rings. The van der Waals surface area contributed by atoms with Crippen LogP contribution in [0, 0.1) is 5.92 Å². The fourth-order valence-electron chi connectivity index (χ4n) is 16.1. The maximum absolute atomic E-state index is 13.1. The third kappa shape index (κ3) is 20.7. The summed E-state index contributed by atoms with van der Waals surface area (Å²) in [4.78, 5) is 123. The molecule has 0 saturated carbocycles. The van der Waals surface area contributed by atoms with Gasteiger partial charge in [-0.3, -0.25) is 33.6 Å². The Kier molecular flexibility index (Phi) is 26.5. The van der Waals surface area contributed by atoms with E-state index in [0.29, 0.717) is 144 Å². The number of likely N-dealkylation sites (N-methyl/N-ethyl adjacent to an activating group) is 1. The summed E-state index contributed by atoms with van der Waals surface area (Å²) >= 11 is 0. The number of nitrogens with one attached hydrogen (secondary N) is 3. The molecular weight excluding hydrogens is 1700 g/mol. The van der Waals surface area contributed by atoms with E-state index < -0.39 is 0 Å². The Morgan fingerprint density at radius 2 is 0.664 bits per heavy atom. The predicted molar refractivity (Wildman–Crippen MR) is 508 cm³/mol. The number of nitrogen functional groups attached to an aromatic ring is 3. The van der Waals surface area contributed by atoms with Gasteiger partial charge in [0.05, 0.1) is 69.6 Å². The van der Waals surface area contributed by atoms with Gasteiger partial charge < -0.3 is 72.1 Å². The molecule has 36 heteroatoms. The number of anilines is 6. The number of fused-ring (bicyclic) bond motifs is 3. The van der Waals surface area contributed by atoms with Crippen LogP contribution in [0.2, 0.25) is 0 Å². The number of carbonyl (C=O) groups is 7. The van der Waals surface area contributed by atoms with Gasteiger partial charge in [-0.25, -0.2) is 43.9 Å². The molecule has 7 amide bonds. The third-order valence-corrected chi connectivity index (χ3v) is 23.7. The minimum atomic E-state index is -0.317. The first-order valence-corrected chi connectivity index (χ1v) is 44.5. The van der Waals surface area contributed by atoms with Gasteiger partial charge in [0.25, 0.3) is 17.7 Å². The average molecular weight is 1810 g/mol. The van der Waals surface area contributed by atoms with Gasteiger partial charge >= 0.3 is 0 Å². The minimum Gasteiger partial charge on any atom is -0.383 e. The highest BCUT2D eigenvalue weighted by Gasteiger charge is 2.31. The molecule has 0 atom stereocenters. The van der Waals surface area contributed by atoms with E-state index in [-0.39, 0.29) is 88.6 Å². The number of carbonyl (C=O) groups excluding carboxylic acids is 7. The van der Waals surface area contributed by atoms with Gasteiger partial charge in [-0.1, -0.05) is 121 Å². The lowest BCUT2D eigenvalue weighted by atomic mass is 9.93. The molecule has 0 unspecified atom stereocenters. The number of likely N-dealkylation sites (tertiary alicyclic amines) is 2. The fourth-order valence-corrected chi connectivity index (χ4v) is 16.1. The van der Waals surface area contributed by atoms with Crippen LogP contribution in [-0.2, 0) is 54.7 Å². The summed E-state index contributed by atoms with van der Waals surface area (Å²) < 4.78 is 21.2. The molecule has 688 valence electrons. The van der Waals surface area contributed by atoms with Gasteiger partial charge in [0.1, 0.15) is 70.8 Å². The first-order valence-electron chi connectivity index (χ1n) is 44.5. The van der Waals surface area contributed by atoms with E-state index in [0.717, 1.165) is 104 Å². The van der Waals surface area contributed by atoms with Crippen LogP contribution < -0.4 is 38.9 Å². The van der Waals surface area contributed by atoms with Crippen molar-refractivity contribution in [1.29, 1.82) is 0 Å². The summed E-state index contributed by atoms with van der Waals surface area (Å²) in [5.74, 6) is 1.93. The van der Waals surface area contributed by atoms with E-state index in [1.54, 1.807) is 73.5 Å². The Morgan fingerprint density at radius 1 is 0.373 bits per heavy atom. The number of amides is 7.